The second-order valence-corrected chi connectivity index (χ2v) is 1.08. The molecule has 8 heavy (non-hydrogen) atoms. The summed E-state index contributed by atoms with van der Waals surface area (Å²) in [7, 11) is 1.27. The first kappa shape index (κ1) is 6.94. The zero-order chi connectivity index (χ0) is 6.41. The SMILES string of the molecule is COC(=O)C/C=N/O. The molecule has 0 atom stereocenters. The van der Waals surface area contributed by atoms with Crippen molar-refractivity contribution in [1.29, 1.82) is 0 Å². The number of carbonyl (C=O) groups is 1. The van der Waals surface area contributed by atoms with Crippen LogP contribution in [0.25, 0.3) is 0 Å². The normalized spacial score (nSPS) is 9.62. The molecule has 0 aliphatic rings. The average molecular weight is 117 g/mol. The third kappa shape index (κ3) is 3.14. The Morgan fingerprint density at radius 2 is 2.62 bits per heavy atom. The highest BCUT2D eigenvalue weighted by molar-refractivity contribution is 5.85. The number of methoxy groups -OCH3 is 1. The van der Waals surface area contributed by atoms with E-state index >= 15 is 0 Å². The summed E-state index contributed by atoms with van der Waals surface area (Å²) in [5.41, 5.74) is 0. The van der Waals surface area contributed by atoms with Gasteiger partial charge in [-0.25, -0.2) is 0 Å². The van der Waals surface area contributed by atoms with Gasteiger partial charge >= 0.3 is 5.97 Å². The van der Waals surface area contributed by atoms with Crippen molar-refractivity contribution in [2.24, 2.45) is 5.16 Å². The van der Waals surface area contributed by atoms with Crippen molar-refractivity contribution in [3.8, 4) is 0 Å². The van der Waals surface area contributed by atoms with Crippen LogP contribution < -0.4 is 0 Å². The Bertz CT molecular complexity index is 99.5. The smallest absolute Gasteiger partial charge is 0.311 e. The average Bonchev–Trinajstić information content (AvgIpc) is 1.83. The van der Waals surface area contributed by atoms with Gasteiger partial charge in [0.1, 0.15) is 0 Å². The predicted molar refractivity (Wildman–Crippen MR) is 26.9 cm³/mol. The summed E-state index contributed by atoms with van der Waals surface area (Å²) in [6, 6.07) is 0. The van der Waals surface area contributed by atoms with E-state index in [-0.39, 0.29) is 6.42 Å². The van der Waals surface area contributed by atoms with Gasteiger partial charge in [0.15, 0.2) is 0 Å². The van der Waals surface area contributed by atoms with Crippen molar-refractivity contribution in [2.75, 3.05) is 7.11 Å². The minimum Gasteiger partial charge on any atom is -0.469 e. The third-order valence-electron chi connectivity index (χ3n) is 0.567. The van der Waals surface area contributed by atoms with Crippen molar-refractivity contribution < 1.29 is 14.7 Å². The van der Waals surface area contributed by atoms with Crippen LogP contribution in [0.3, 0.4) is 0 Å². The summed E-state index contributed by atoms with van der Waals surface area (Å²) >= 11 is 0. The standard InChI is InChI=1S/C4H7NO3/c1-8-4(6)2-3-5-7/h3,7H,2H2,1H3/b5-3+. The van der Waals surface area contributed by atoms with Gasteiger partial charge in [0, 0.05) is 0 Å². The van der Waals surface area contributed by atoms with Crippen LogP contribution in [0.4, 0.5) is 0 Å². The van der Waals surface area contributed by atoms with Crippen LogP contribution in [0, 0.1) is 0 Å². The zero-order valence-corrected chi connectivity index (χ0v) is 4.50. The molecule has 0 unspecified atom stereocenters. The molecule has 0 aromatic heterocycles. The van der Waals surface area contributed by atoms with E-state index in [1.54, 1.807) is 0 Å². The lowest BCUT2D eigenvalue weighted by molar-refractivity contribution is -0.139. The van der Waals surface area contributed by atoms with Gasteiger partial charge in [-0.15, -0.1) is 5.16 Å². The summed E-state index contributed by atoms with van der Waals surface area (Å²) in [5.74, 6) is -0.414. The zero-order valence-electron chi connectivity index (χ0n) is 4.50. The fourth-order valence-electron chi connectivity index (χ4n) is 0.199. The summed E-state index contributed by atoms with van der Waals surface area (Å²) < 4.78 is 4.21. The molecular formula is C4H7NO3. The van der Waals surface area contributed by atoms with Gasteiger partial charge in [-0.3, -0.25) is 4.79 Å². The molecule has 0 amide bonds. The molecule has 0 heterocycles. The minimum absolute atomic E-state index is 0.0208. The van der Waals surface area contributed by atoms with Crippen LogP contribution in [-0.4, -0.2) is 24.5 Å². The highest BCUT2D eigenvalue weighted by atomic mass is 16.5. The molecule has 0 aliphatic carbocycles. The van der Waals surface area contributed by atoms with Gasteiger partial charge < -0.3 is 9.94 Å². The largest absolute Gasteiger partial charge is 0.469 e. The molecule has 0 radical (unpaired) electrons. The molecule has 0 saturated heterocycles. The van der Waals surface area contributed by atoms with Gasteiger partial charge in [0.25, 0.3) is 0 Å². The molecule has 4 nitrogen and oxygen atoms in total. The number of carbonyl (C=O) groups excluding carboxylic acids is 1. The fourth-order valence-corrected chi connectivity index (χ4v) is 0.199. The lowest BCUT2D eigenvalue weighted by atomic mass is 10.5. The first-order valence-corrected chi connectivity index (χ1v) is 2.04. The number of rotatable bonds is 2. The van der Waals surface area contributed by atoms with E-state index in [0.29, 0.717) is 0 Å². The van der Waals surface area contributed by atoms with E-state index in [0.717, 1.165) is 6.21 Å². The maximum Gasteiger partial charge on any atom is 0.311 e. The number of nitrogens with zero attached hydrogens (tertiary/aromatic N) is 1. The third-order valence-corrected chi connectivity index (χ3v) is 0.567. The molecule has 46 valence electrons. The summed E-state index contributed by atoms with van der Waals surface area (Å²) in [5, 5.41) is 10.4. The van der Waals surface area contributed by atoms with Gasteiger partial charge in [-0.05, 0) is 0 Å². The van der Waals surface area contributed by atoms with E-state index in [1.807, 2.05) is 0 Å². The van der Waals surface area contributed by atoms with Crippen molar-refractivity contribution in [3.05, 3.63) is 0 Å². The number of esters is 1. The Balaban J connectivity index is 3.25. The van der Waals surface area contributed by atoms with Crippen LogP contribution in [-0.2, 0) is 9.53 Å². The van der Waals surface area contributed by atoms with Gasteiger partial charge in [0.2, 0.25) is 0 Å². The van der Waals surface area contributed by atoms with Crippen molar-refractivity contribution in [2.45, 2.75) is 6.42 Å². The Labute approximate surface area is 46.8 Å². The van der Waals surface area contributed by atoms with Crippen LogP contribution in [0.2, 0.25) is 0 Å². The van der Waals surface area contributed by atoms with Crippen molar-refractivity contribution in [3.63, 3.8) is 0 Å². The highest BCUT2D eigenvalue weighted by Gasteiger charge is 1.92. The molecule has 4 heteroatoms. The molecule has 0 aromatic carbocycles. The Morgan fingerprint density at radius 3 is 3.00 bits per heavy atom. The number of hydrogen-bond donors (Lipinski definition) is 1. The van der Waals surface area contributed by atoms with Gasteiger partial charge in [-0.1, -0.05) is 0 Å². The van der Waals surface area contributed by atoms with Gasteiger partial charge in [-0.2, -0.15) is 0 Å². The molecule has 0 aliphatic heterocycles. The number of hydrogen-bond acceptors (Lipinski definition) is 4. The Hall–Kier alpha value is -1.06. The molecule has 0 rings (SSSR count). The van der Waals surface area contributed by atoms with E-state index in [9.17, 15) is 4.79 Å². The molecule has 1 N–H and O–H groups in total. The first-order chi connectivity index (χ1) is 3.81. The summed E-state index contributed by atoms with van der Waals surface area (Å²) in [4.78, 5) is 10.1. The fraction of sp³-hybridized carbons (Fsp3) is 0.500. The van der Waals surface area contributed by atoms with Crippen LogP contribution in [0.15, 0.2) is 5.16 Å². The van der Waals surface area contributed by atoms with E-state index in [2.05, 4.69) is 9.89 Å². The van der Waals surface area contributed by atoms with Crippen LogP contribution in [0.5, 0.6) is 0 Å². The molecule has 0 fully saturated rings. The quantitative estimate of drug-likeness (QED) is 0.240. The second kappa shape index (κ2) is 4.11. The van der Waals surface area contributed by atoms with Crippen LogP contribution in [0.1, 0.15) is 6.42 Å². The van der Waals surface area contributed by atoms with Crippen molar-refractivity contribution >= 4 is 12.2 Å². The minimum atomic E-state index is -0.414. The maximum absolute atomic E-state index is 10.1. The summed E-state index contributed by atoms with van der Waals surface area (Å²) in [6.45, 7) is 0. The maximum atomic E-state index is 10.1. The highest BCUT2D eigenvalue weighted by Crippen LogP contribution is 1.76. The molecule has 0 saturated carbocycles. The number of ether oxygens (including phenoxy) is 1. The summed E-state index contributed by atoms with van der Waals surface area (Å²) in [6.07, 6.45) is 1.08. The van der Waals surface area contributed by atoms with Crippen LogP contribution >= 0.6 is 0 Å². The molecule has 0 bridgehead atoms. The van der Waals surface area contributed by atoms with E-state index in [1.165, 1.54) is 7.11 Å². The molecule has 0 spiro atoms. The van der Waals surface area contributed by atoms with E-state index < -0.39 is 5.97 Å². The predicted octanol–water partition coefficient (Wildman–Crippen LogP) is 0.00950. The molecule has 0 aromatic rings. The van der Waals surface area contributed by atoms with Gasteiger partial charge in [0.05, 0.1) is 19.7 Å². The first-order valence-electron chi connectivity index (χ1n) is 2.04. The number of oxime groups is 1. The Morgan fingerprint density at radius 1 is 2.00 bits per heavy atom. The monoisotopic (exact) mass is 117 g/mol. The lowest BCUT2D eigenvalue weighted by Gasteiger charge is -1.88. The topological polar surface area (TPSA) is 58.9 Å². The molecular weight excluding hydrogens is 110 g/mol. The lowest BCUT2D eigenvalue weighted by Crippen LogP contribution is -1.99. The van der Waals surface area contributed by atoms with E-state index in [4.69, 9.17) is 5.21 Å². The second-order valence-electron chi connectivity index (χ2n) is 1.08. The van der Waals surface area contributed by atoms with Crippen molar-refractivity contribution in [1.82, 2.24) is 0 Å². The Kier molecular flexibility index (Phi) is 3.56.